The zero-order chi connectivity index (χ0) is 22.1. The van der Waals surface area contributed by atoms with E-state index in [1.807, 2.05) is 32.9 Å². The number of fused-ring (bicyclic) bond motifs is 3. The molecular formula is C25H26O5. The second-order valence-electron chi connectivity index (χ2n) is 8.34. The second kappa shape index (κ2) is 8.34. The van der Waals surface area contributed by atoms with Gasteiger partial charge in [-0.2, -0.15) is 0 Å². The summed E-state index contributed by atoms with van der Waals surface area (Å²) in [5, 5.41) is 0. The van der Waals surface area contributed by atoms with Crippen molar-refractivity contribution in [3.63, 3.8) is 0 Å². The Balaban J connectivity index is 2.28. The lowest BCUT2D eigenvalue weighted by molar-refractivity contribution is -0.135. The molecule has 0 saturated carbocycles. The first-order chi connectivity index (χ1) is 14.2. The lowest BCUT2D eigenvalue weighted by Gasteiger charge is -2.37. The van der Waals surface area contributed by atoms with Gasteiger partial charge in [-0.15, -0.1) is 0 Å². The molecule has 2 bridgehead atoms. The summed E-state index contributed by atoms with van der Waals surface area (Å²) in [5.41, 5.74) is 1.74. The maximum atomic E-state index is 13.8. The van der Waals surface area contributed by atoms with Crippen LogP contribution in [0.1, 0.15) is 61.3 Å². The van der Waals surface area contributed by atoms with E-state index in [-0.39, 0.29) is 23.5 Å². The van der Waals surface area contributed by atoms with Gasteiger partial charge in [0.2, 0.25) is 0 Å². The molecule has 5 heteroatoms. The van der Waals surface area contributed by atoms with E-state index in [0.717, 1.165) is 11.1 Å². The largest absolute Gasteiger partial charge is 0.488 e. The van der Waals surface area contributed by atoms with Crippen LogP contribution in [0.15, 0.2) is 53.1 Å². The van der Waals surface area contributed by atoms with Gasteiger partial charge in [-0.05, 0) is 58.3 Å². The lowest BCUT2D eigenvalue weighted by Crippen LogP contribution is -2.47. The van der Waals surface area contributed by atoms with Gasteiger partial charge in [-0.25, -0.2) is 0 Å². The van der Waals surface area contributed by atoms with Crippen molar-refractivity contribution >= 4 is 23.6 Å². The Bertz CT molecular complexity index is 1020. The Morgan fingerprint density at radius 2 is 1.93 bits per heavy atom. The fourth-order valence-corrected chi connectivity index (χ4v) is 4.04. The molecule has 0 saturated heterocycles. The standard InChI is InChI=1S/C25H26O5/c1-15(2)8-10-25-11-9-16(3)14-30-20-7-5-6-18(13-26)21(20)23(28)22(24(25)29)19(27)12-17(25)4/h5-9,12-13,22H,10-11,14H2,1-4H3/t22?,25-/m0/s1. The van der Waals surface area contributed by atoms with E-state index in [4.69, 9.17) is 4.74 Å². The Hall–Kier alpha value is -3.08. The summed E-state index contributed by atoms with van der Waals surface area (Å²) < 4.78 is 5.82. The minimum Gasteiger partial charge on any atom is -0.488 e. The Morgan fingerprint density at radius 1 is 1.20 bits per heavy atom. The highest BCUT2D eigenvalue weighted by molar-refractivity contribution is 6.31. The molecule has 0 N–H and O–H groups in total. The highest BCUT2D eigenvalue weighted by Crippen LogP contribution is 2.45. The van der Waals surface area contributed by atoms with Gasteiger partial charge in [-0.3, -0.25) is 19.2 Å². The molecule has 156 valence electrons. The zero-order valence-corrected chi connectivity index (χ0v) is 17.8. The SMILES string of the molecule is CC(C)=CC[C@]12CC=C(C)COc3cccc(C=O)c3C(=O)C(C(=O)C=C1C)C2=O. The smallest absolute Gasteiger partial charge is 0.185 e. The van der Waals surface area contributed by atoms with Crippen molar-refractivity contribution in [1.29, 1.82) is 0 Å². The van der Waals surface area contributed by atoms with E-state index >= 15 is 0 Å². The molecule has 0 radical (unpaired) electrons. The van der Waals surface area contributed by atoms with Crippen LogP contribution in [0.3, 0.4) is 0 Å². The van der Waals surface area contributed by atoms with Gasteiger partial charge in [0, 0.05) is 5.56 Å². The molecule has 0 fully saturated rings. The third-order valence-electron chi connectivity index (χ3n) is 5.94. The molecule has 3 rings (SSSR count). The molecule has 5 nitrogen and oxygen atoms in total. The van der Waals surface area contributed by atoms with E-state index in [0.29, 0.717) is 24.7 Å². The first-order valence-corrected chi connectivity index (χ1v) is 10.0. The number of ketones is 3. The topological polar surface area (TPSA) is 77.5 Å². The third kappa shape index (κ3) is 3.72. The minimum atomic E-state index is -1.48. The Morgan fingerprint density at radius 3 is 2.60 bits per heavy atom. The molecule has 1 aliphatic carbocycles. The van der Waals surface area contributed by atoms with Crippen LogP contribution in [0.2, 0.25) is 0 Å². The first kappa shape index (κ1) is 21.6. The van der Waals surface area contributed by atoms with Crippen molar-refractivity contribution in [2.24, 2.45) is 11.3 Å². The quantitative estimate of drug-likeness (QED) is 0.421. The van der Waals surface area contributed by atoms with Crippen molar-refractivity contribution in [1.82, 2.24) is 0 Å². The van der Waals surface area contributed by atoms with Crippen LogP contribution in [0.25, 0.3) is 0 Å². The van der Waals surface area contributed by atoms with Gasteiger partial charge in [-0.1, -0.05) is 35.4 Å². The van der Waals surface area contributed by atoms with Crippen molar-refractivity contribution in [2.75, 3.05) is 6.61 Å². The number of Topliss-reactive ketones (excluding diaryl/α,β-unsaturated/α-hetero) is 2. The van der Waals surface area contributed by atoms with Crippen molar-refractivity contribution < 1.29 is 23.9 Å². The van der Waals surface area contributed by atoms with Gasteiger partial charge >= 0.3 is 0 Å². The molecule has 30 heavy (non-hydrogen) atoms. The number of benzene rings is 1. The van der Waals surface area contributed by atoms with Gasteiger partial charge in [0.15, 0.2) is 23.6 Å². The fraction of sp³-hybridized carbons (Fsp3) is 0.360. The molecule has 0 amide bonds. The number of ether oxygens (including phenoxy) is 1. The number of carbonyl (C=O) groups excluding carboxylic acids is 4. The number of rotatable bonds is 3. The average Bonchev–Trinajstić information content (AvgIpc) is 2.71. The van der Waals surface area contributed by atoms with Crippen LogP contribution in [0, 0.1) is 11.3 Å². The number of carbonyl (C=O) groups is 4. The van der Waals surface area contributed by atoms with Crippen LogP contribution >= 0.6 is 0 Å². The van der Waals surface area contributed by atoms with Gasteiger partial charge in [0.05, 0.1) is 11.0 Å². The maximum Gasteiger partial charge on any atom is 0.185 e. The van der Waals surface area contributed by atoms with Gasteiger partial charge in [0.25, 0.3) is 0 Å². The average molecular weight is 406 g/mol. The predicted octanol–water partition coefficient (Wildman–Crippen LogP) is 4.47. The predicted molar refractivity (Wildman–Crippen MR) is 114 cm³/mol. The Kier molecular flexibility index (Phi) is 6.01. The summed E-state index contributed by atoms with van der Waals surface area (Å²) in [6.45, 7) is 7.79. The van der Waals surface area contributed by atoms with Crippen LogP contribution in [-0.2, 0) is 9.59 Å². The monoisotopic (exact) mass is 406 g/mol. The maximum absolute atomic E-state index is 13.8. The number of allylic oxidation sites excluding steroid dienone is 5. The number of hydrogen-bond acceptors (Lipinski definition) is 5. The van der Waals surface area contributed by atoms with Crippen LogP contribution in [-0.4, -0.2) is 30.2 Å². The van der Waals surface area contributed by atoms with E-state index in [2.05, 4.69) is 0 Å². The molecule has 2 atom stereocenters. The Labute approximate surface area is 176 Å². The molecule has 1 aromatic rings. The highest BCUT2D eigenvalue weighted by atomic mass is 16.5. The third-order valence-corrected chi connectivity index (χ3v) is 5.94. The molecule has 1 aliphatic heterocycles. The second-order valence-corrected chi connectivity index (χ2v) is 8.34. The zero-order valence-electron chi connectivity index (χ0n) is 17.8. The summed E-state index contributed by atoms with van der Waals surface area (Å²) in [4.78, 5) is 51.8. The first-order valence-electron chi connectivity index (χ1n) is 10.0. The van der Waals surface area contributed by atoms with E-state index in [9.17, 15) is 19.2 Å². The van der Waals surface area contributed by atoms with Crippen LogP contribution in [0.4, 0.5) is 0 Å². The summed E-state index contributed by atoms with van der Waals surface area (Å²) in [5.74, 6) is -2.89. The van der Waals surface area contributed by atoms with Gasteiger partial charge in [0.1, 0.15) is 18.3 Å². The molecule has 2 aliphatic rings. The lowest BCUT2D eigenvalue weighted by atomic mass is 9.62. The summed E-state index contributed by atoms with van der Waals surface area (Å²) in [6.07, 6.45) is 6.67. The molecular weight excluding hydrogens is 380 g/mol. The molecule has 0 spiro atoms. The summed E-state index contributed by atoms with van der Waals surface area (Å²) >= 11 is 0. The highest BCUT2D eigenvalue weighted by Gasteiger charge is 2.51. The summed E-state index contributed by atoms with van der Waals surface area (Å²) in [7, 11) is 0. The number of hydrogen-bond donors (Lipinski definition) is 0. The minimum absolute atomic E-state index is 0.00188. The fourth-order valence-electron chi connectivity index (χ4n) is 4.04. The van der Waals surface area contributed by atoms with E-state index < -0.39 is 28.7 Å². The van der Waals surface area contributed by atoms with Crippen LogP contribution in [0.5, 0.6) is 5.75 Å². The molecule has 1 unspecified atom stereocenters. The van der Waals surface area contributed by atoms with Crippen molar-refractivity contribution in [2.45, 2.75) is 40.5 Å². The van der Waals surface area contributed by atoms with E-state index in [1.54, 1.807) is 19.1 Å². The summed E-state index contributed by atoms with van der Waals surface area (Å²) in [6, 6.07) is 4.69. The van der Waals surface area contributed by atoms with Crippen molar-refractivity contribution in [3.8, 4) is 5.75 Å². The number of aldehydes is 1. The van der Waals surface area contributed by atoms with Gasteiger partial charge < -0.3 is 4.74 Å². The van der Waals surface area contributed by atoms with E-state index in [1.165, 1.54) is 12.1 Å². The van der Waals surface area contributed by atoms with Crippen LogP contribution < -0.4 is 4.74 Å². The molecule has 1 aromatic carbocycles. The molecule has 1 heterocycles. The normalized spacial score (nSPS) is 24.0. The van der Waals surface area contributed by atoms with Crippen molar-refractivity contribution in [3.05, 3.63) is 64.3 Å². The molecule has 0 aromatic heterocycles.